The zero-order valence-electron chi connectivity index (χ0n) is 10.7. The number of oxazole rings is 1. The molecule has 6 nitrogen and oxygen atoms in total. The molecule has 17 heavy (non-hydrogen) atoms. The molecule has 0 aliphatic heterocycles. The molecule has 0 aromatic carbocycles. The quantitative estimate of drug-likeness (QED) is 0.703. The Hall–Kier alpha value is -0.840. The fourth-order valence-electron chi connectivity index (χ4n) is 1.27. The molecule has 0 unspecified atom stereocenters. The van der Waals surface area contributed by atoms with Crippen LogP contribution in [0.5, 0.6) is 0 Å². The lowest BCUT2D eigenvalue weighted by Gasteiger charge is -2.15. The SMILES string of the molecule is CCOP(=O)(Cc1ncc(N(C)C)o1)OCC. The highest BCUT2D eigenvalue weighted by atomic mass is 31.2. The molecule has 0 saturated carbocycles. The monoisotopic (exact) mass is 262 g/mol. The zero-order chi connectivity index (χ0) is 12.9. The van der Waals surface area contributed by atoms with Crippen LogP contribution < -0.4 is 4.90 Å². The third-order valence-electron chi connectivity index (χ3n) is 1.96. The standard InChI is InChI=1S/C10H19N2O4P/c1-5-14-17(13,15-6-2)8-9-11-7-10(16-9)12(3)4/h7H,5-6,8H2,1-4H3. The first-order valence-corrected chi connectivity index (χ1v) is 7.23. The molecule has 98 valence electrons. The molecule has 0 radical (unpaired) electrons. The van der Waals surface area contributed by atoms with Crippen LogP contribution in [0.1, 0.15) is 19.7 Å². The fraction of sp³-hybridized carbons (Fsp3) is 0.700. The lowest BCUT2D eigenvalue weighted by atomic mass is 10.7. The molecule has 0 amide bonds. The molecule has 1 heterocycles. The maximum absolute atomic E-state index is 12.2. The van der Waals surface area contributed by atoms with Crippen LogP contribution in [0.25, 0.3) is 0 Å². The normalized spacial score (nSPS) is 11.8. The highest BCUT2D eigenvalue weighted by Gasteiger charge is 2.27. The Kier molecular flexibility index (Phi) is 5.18. The Balaban J connectivity index is 2.75. The van der Waals surface area contributed by atoms with Crippen molar-refractivity contribution >= 4 is 13.5 Å². The van der Waals surface area contributed by atoms with Crippen molar-refractivity contribution < 1.29 is 18.0 Å². The predicted molar refractivity (Wildman–Crippen MR) is 65.4 cm³/mol. The van der Waals surface area contributed by atoms with Crippen molar-refractivity contribution in [2.75, 3.05) is 32.2 Å². The Bertz CT molecular complexity index is 381. The van der Waals surface area contributed by atoms with E-state index in [9.17, 15) is 4.57 Å². The van der Waals surface area contributed by atoms with Crippen LogP contribution in [0.3, 0.4) is 0 Å². The molecule has 0 spiro atoms. The molecule has 1 rings (SSSR count). The minimum absolute atomic E-state index is 0.0581. The van der Waals surface area contributed by atoms with E-state index in [0.29, 0.717) is 25.0 Å². The van der Waals surface area contributed by atoms with Gasteiger partial charge in [-0.3, -0.25) is 4.57 Å². The van der Waals surface area contributed by atoms with Crippen molar-refractivity contribution in [3.63, 3.8) is 0 Å². The molecule has 7 heteroatoms. The van der Waals surface area contributed by atoms with Crippen molar-refractivity contribution in [1.82, 2.24) is 4.98 Å². The summed E-state index contributed by atoms with van der Waals surface area (Å²) in [5.74, 6) is 0.971. The van der Waals surface area contributed by atoms with Gasteiger partial charge in [-0.15, -0.1) is 0 Å². The third-order valence-corrected chi connectivity index (χ3v) is 3.92. The fourth-order valence-corrected chi connectivity index (χ4v) is 2.79. The van der Waals surface area contributed by atoms with Crippen LogP contribution >= 0.6 is 7.60 Å². The summed E-state index contributed by atoms with van der Waals surface area (Å²) in [6, 6.07) is 0. The largest absolute Gasteiger partial charge is 0.424 e. The van der Waals surface area contributed by atoms with E-state index in [1.165, 1.54) is 0 Å². The highest BCUT2D eigenvalue weighted by Crippen LogP contribution is 2.51. The van der Waals surface area contributed by atoms with Gasteiger partial charge >= 0.3 is 7.60 Å². The van der Waals surface area contributed by atoms with E-state index in [1.54, 1.807) is 24.9 Å². The lowest BCUT2D eigenvalue weighted by Crippen LogP contribution is -2.06. The van der Waals surface area contributed by atoms with Gasteiger partial charge in [-0.1, -0.05) is 0 Å². The second-order valence-electron chi connectivity index (χ2n) is 3.59. The maximum atomic E-state index is 12.2. The first-order valence-electron chi connectivity index (χ1n) is 5.51. The Labute approximate surface area is 101 Å². The van der Waals surface area contributed by atoms with Crippen LogP contribution in [0.15, 0.2) is 10.6 Å². The summed E-state index contributed by atoms with van der Waals surface area (Å²) in [6.45, 7) is 4.20. The van der Waals surface area contributed by atoms with E-state index in [1.807, 2.05) is 14.1 Å². The van der Waals surface area contributed by atoms with Gasteiger partial charge < -0.3 is 18.4 Å². The molecular weight excluding hydrogens is 243 g/mol. The van der Waals surface area contributed by atoms with E-state index in [4.69, 9.17) is 13.5 Å². The molecule has 1 aromatic heterocycles. The highest BCUT2D eigenvalue weighted by molar-refractivity contribution is 7.52. The third kappa shape index (κ3) is 4.15. The smallest absolute Gasteiger partial charge is 0.339 e. The van der Waals surface area contributed by atoms with E-state index in [-0.39, 0.29) is 6.16 Å². The number of hydrogen-bond donors (Lipinski definition) is 0. The molecule has 0 bridgehead atoms. The number of hydrogen-bond acceptors (Lipinski definition) is 6. The average Bonchev–Trinajstić information content (AvgIpc) is 2.66. The van der Waals surface area contributed by atoms with Gasteiger partial charge in [0.15, 0.2) is 0 Å². The summed E-state index contributed by atoms with van der Waals surface area (Å²) < 4.78 is 27.9. The summed E-state index contributed by atoms with van der Waals surface area (Å²) in [5, 5.41) is 0. The topological polar surface area (TPSA) is 64.8 Å². The predicted octanol–water partition coefficient (Wildman–Crippen LogP) is 2.51. The number of aromatic nitrogens is 1. The Morgan fingerprint density at radius 1 is 1.35 bits per heavy atom. The van der Waals surface area contributed by atoms with Gasteiger partial charge in [-0.05, 0) is 13.8 Å². The van der Waals surface area contributed by atoms with Crippen molar-refractivity contribution in [3.8, 4) is 0 Å². The summed E-state index contributed by atoms with van der Waals surface area (Å²) in [7, 11) is 0.552. The van der Waals surface area contributed by atoms with E-state index >= 15 is 0 Å². The second kappa shape index (κ2) is 6.19. The van der Waals surface area contributed by atoms with Gasteiger partial charge in [-0.2, -0.15) is 0 Å². The van der Waals surface area contributed by atoms with Gasteiger partial charge in [-0.25, -0.2) is 4.98 Å². The molecule has 0 aliphatic carbocycles. The summed E-state index contributed by atoms with van der Waals surface area (Å²) in [6.07, 6.45) is 1.64. The van der Waals surface area contributed by atoms with Crippen LogP contribution in [0.4, 0.5) is 5.88 Å². The van der Waals surface area contributed by atoms with Crippen LogP contribution in [-0.4, -0.2) is 32.3 Å². The van der Waals surface area contributed by atoms with Gasteiger partial charge in [0.1, 0.15) is 6.16 Å². The Morgan fingerprint density at radius 2 is 1.94 bits per heavy atom. The van der Waals surface area contributed by atoms with Gasteiger partial charge in [0.25, 0.3) is 0 Å². The molecule has 0 N–H and O–H groups in total. The van der Waals surface area contributed by atoms with Crippen molar-refractivity contribution in [2.45, 2.75) is 20.0 Å². The van der Waals surface area contributed by atoms with Crippen molar-refractivity contribution in [1.29, 1.82) is 0 Å². The molecule has 0 atom stereocenters. The minimum atomic E-state index is -3.13. The molecule has 1 aromatic rings. The van der Waals surface area contributed by atoms with E-state index < -0.39 is 7.60 Å². The van der Waals surface area contributed by atoms with E-state index in [0.717, 1.165) is 0 Å². The maximum Gasteiger partial charge on any atom is 0.339 e. The summed E-state index contributed by atoms with van der Waals surface area (Å²) in [5.41, 5.74) is 0. The van der Waals surface area contributed by atoms with Crippen LogP contribution in [0, 0.1) is 0 Å². The molecule has 0 saturated heterocycles. The Morgan fingerprint density at radius 3 is 2.35 bits per heavy atom. The van der Waals surface area contributed by atoms with E-state index in [2.05, 4.69) is 4.98 Å². The first kappa shape index (κ1) is 14.2. The molecular formula is C10H19N2O4P. The molecule has 0 fully saturated rings. The van der Waals surface area contributed by atoms with Crippen LogP contribution in [-0.2, 0) is 19.8 Å². The van der Waals surface area contributed by atoms with Crippen molar-refractivity contribution in [3.05, 3.63) is 12.1 Å². The zero-order valence-corrected chi connectivity index (χ0v) is 11.6. The number of anilines is 1. The van der Waals surface area contributed by atoms with Crippen molar-refractivity contribution in [2.24, 2.45) is 0 Å². The molecule has 0 aliphatic rings. The summed E-state index contributed by atoms with van der Waals surface area (Å²) >= 11 is 0. The lowest BCUT2D eigenvalue weighted by molar-refractivity contribution is 0.217. The second-order valence-corrected chi connectivity index (χ2v) is 5.65. The first-order chi connectivity index (χ1) is 8.00. The van der Waals surface area contributed by atoms with Gasteiger partial charge in [0.05, 0.1) is 19.4 Å². The average molecular weight is 262 g/mol. The van der Waals surface area contributed by atoms with Gasteiger partial charge in [0.2, 0.25) is 11.8 Å². The number of nitrogens with zero attached hydrogens (tertiary/aromatic N) is 2. The van der Waals surface area contributed by atoms with Crippen LogP contribution in [0.2, 0.25) is 0 Å². The van der Waals surface area contributed by atoms with Gasteiger partial charge in [0, 0.05) is 14.1 Å². The number of rotatable bonds is 7. The summed E-state index contributed by atoms with van der Waals surface area (Å²) in [4.78, 5) is 5.83. The minimum Gasteiger partial charge on any atom is -0.424 e.